The summed E-state index contributed by atoms with van der Waals surface area (Å²) < 4.78 is 5.39. The van der Waals surface area contributed by atoms with Gasteiger partial charge in [-0.2, -0.15) is 0 Å². The number of pyridine rings is 1. The first kappa shape index (κ1) is 12.8. The van der Waals surface area contributed by atoms with E-state index in [9.17, 15) is 5.11 Å². The van der Waals surface area contributed by atoms with Crippen molar-refractivity contribution in [3.63, 3.8) is 0 Å². The number of hydrogen-bond acceptors (Lipinski definition) is 4. The zero-order chi connectivity index (χ0) is 12.2. The van der Waals surface area contributed by atoms with Crippen molar-refractivity contribution >= 4 is 5.82 Å². The molecule has 1 heterocycles. The number of nitrogens with zero attached hydrogens (tertiary/aromatic N) is 1. The molecule has 0 saturated heterocycles. The van der Waals surface area contributed by atoms with Gasteiger partial charge in [-0.3, -0.25) is 0 Å². The van der Waals surface area contributed by atoms with Gasteiger partial charge in [0.25, 0.3) is 0 Å². The van der Waals surface area contributed by atoms with Crippen LogP contribution < -0.4 is 10.1 Å². The maximum absolute atomic E-state index is 9.49. The number of ether oxygens (including phenoxy) is 1. The summed E-state index contributed by atoms with van der Waals surface area (Å²) in [5.74, 6) is 1.49. The molecule has 4 heteroatoms. The second-order valence-electron chi connectivity index (χ2n) is 4.78. The molecule has 0 saturated carbocycles. The Labute approximate surface area is 96.7 Å². The summed E-state index contributed by atoms with van der Waals surface area (Å²) in [5, 5.41) is 12.7. The molecule has 0 spiro atoms. The van der Waals surface area contributed by atoms with Gasteiger partial charge in [0.15, 0.2) is 0 Å². The van der Waals surface area contributed by atoms with Crippen molar-refractivity contribution in [3.8, 4) is 5.75 Å². The van der Waals surface area contributed by atoms with Crippen molar-refractivity contribution < 1.29 is 9.84 Å². The quantitative estimate of drug-likeness (QED) is 0.803. The molecule has 0 amide bonds. The van der Waals surface area contributed by atoms with Crippen LogP contribution in [0.5, 0.6) is 5.75 Å². The molecule has 1 rings (SSSR count). The minimum Gasteiger partial charge on any atom is -0.489 e. The molecule has 0 fully saturated rings. The van der Waals surface area contributed by atoms with E-state index in [1.807, 2.05) is 12.1 Å². The highest BCUT2D eigenvalue weighted by Gasteiger charge is 2.13. The summed E-state index contributed by atoms with van der Waals surface area (Å²) >= 11 is 0. The first-order valence-corrected chi connectivity index (χ1v) is 5.44. The predicted octanol–water partition coefficient (Wildman–Crippen LogP) is 2.05. The van der Waals surface area contributed by atoms with Crippen molar-refractivity contribution in [1.82, 2.24) is 4.98 Å². The number of rotatable bonds is 5. The molecule has 1 aromatic heterocycles. The fourth-order valence-electron chi connectivity index (χ4n) is 1.11. The lowest BCUT2D eigenvalue weighted by Crippen LogP contribution is -2.27. The number of anilines is 1. The SMILES string of the molecule is CC(C)Nc1ccc(OCC(C)(C)O)cn1. The Morgan fingerprint density at radius 1 is 1.44 bits per heavy atom. The second kappa shape index (κ2) is 5.16. The summed E-state index contributed by atoms with van der Waals surface area (Å²) in [5.41, 5.74) is -0.825. The molecule has 2 N–H and O–H groups in total. The molecule has 0 bridgehead atoms. The van der Waals surface area contributed by atoms with Crippen LogP contribution in [0, 0.1) is 0 Å². The normalized spacial score (nSPS) is 11.6. The highest BCUT2D eigenvalue weighted by atomic mass is 16.5. The lowest BCUT2D eigenvalue weighted by atomic mass is 10.2. The Balaban J connectivity index is 2.51. The predicted molar refractivity (Wildman–Crippen MR) is 64.8 cm³/mol. The molecule has 0 aliphatic carbocycles. The van der Waals surface area contributed by atoms with Crippen LogP contribution in [0.25, 0.3) is 0 Å². The van der Waals surface area contributed by atoms with Crippen molar-refractivity contribution in [3.05, 3.63) is 18.3 Å². The topological polar surface area (TPSA) is 54.4 Å². The van der Waals surface area contributed by atoms with Gasteiger partial charge in [0.2, 0.25) is 0 Å². The summed E-state index contributed by atoms with van der Waals surface area (Å²) in [7, 11) is 0. The molecule has 0 unspecified atom stereocenters. The minimum atomic E-state index is -0.825. The largest absolute Gasteiger partial charge is 0.489 e. The van der Waals surface area contributed by atoms with E-state index < -0.39 is 5.60 Å². The van der Waals surface area contributed by atoms with Gasteiger partial charge < -0.3 is 15.2 Å². The Morgan fingerprint density at radius 3 is 2.56 bits per heavy atom. The Bertz CT molecular complexity index is 315. The average molecular weight is 224 g/mol. The summed E-state index contributed by atoms with van der Waals surface area (Å²) in [4.78, 5) is 4.20. The van der Waals surface area contributed by atoms with E-state index in [4.69, 9.17) is 4.74 Å². The maximum atomic E-state index is 9.49. The molecule has 0 radical (unpaired) electrons. The lowest BCUT2D eigenvalue weighted by molar-refractivity contribution is 0.0284. The molecule has 4 nitrogen and oxygen atoms in total. The molecule has 0 aromatic carbocycles. The standard InChI is InChI=1S/C12H20N2O2/c1-9(2)14-11-6-5-10(7-13-11)16-8-12(3,4)15/h5-7,9,15H,8H2,1-4H3,(H,13,14). The van der Waals surface area contributed by atoms with E-state index in [0.717, 1.165) is 5.82 Å². The van der Waals surface area contributed by atoms with Crippen molar-refractivity contribution in [2.75, 3.05) is 11.9 Å². The van der Waals surface area contributed by atoms with Crippen LogP contribution in [0.15, 0.2) is 18.3 Å². The van der Waals surface area contributed by atoms with E-state index in [-0.39, 0.29) is 6.61 Å². The lowest BCUT2D eigenvalue weighted by Gasteiger charge is -2.17. The Morgan fingerprint density at radius 2 is 2.12 bits per heavy atom. The fraction of sp³-hybridized carbons (Fsp3) is 0.583. The third kappa shape index (κ3) is 4.98. The first-order valence-electron chi connectivity index (χ1n) is 5.44. The Hall–Kier alpha value is -1.29. The third-order valence-corrected chi connectivity index (χ3v) is 1.76. The molecular formula is C12H20N2O2. The zero-order valence-corrected chi connectivity index (χ0v) is 10.3. The summed E-state index contributed by atoms with van der Waals surface area (Å²) in [6.07, 6.45) is 1.65. The molecule has 90 valence electrons. The van der Waals surface area contributed by atoms with Gasteiger partial charge in [-0.05, 0) is 39.8 Å². The van der Waals surface area contributed by atoms with Crippen LogP contribution in [0.3, 0.4) is 0 Å². The second-order valence-corrected chi connectivity index (χ2v) is 4.78. The van der Waals surface area contributed by atoms with Crippen LogP contribution in [-0.2, 0) is 0 Å². The van der Waals surface area contributed by atoms with Crippen LogP contribution in [0.1, 0.15) is 27.7 Å². The Kier molecular flexibility index (Phi) is 4.12. The smallest absolute Gasteiger partial charge is 0.137 e. The van der Waals surface area contributed by atoms with E-state index in [0.29, 0.717) is 11.8 Å². The molecule has 0 atom stereocenters. The number of hydrogen-bond donors (Lipinski definition) is 2. The van der Waals surface area contributed by atoms with Crippen LogP contribution >= 0.6 is 0 Å². The van der Waals surface area contributed by atoms with Gasteiger partial charge in [0.05, 0.1) is 11.8 Å². The number of nitrogens with one attached hydrogen (secondary N) is 1. The monoisotopic (exact) mass is 224 g/mol. The molecule has 0 aliphatic heterocycles. The van der Waals surface area contributed by atoms with Crippen LogP contribution in [-0.4, -0.2) is 28.3 Å². The van der Waals surface area contributed by atoms with Crippen molar-refractivity contribution in [2.24, 2.45) is 0 Å². The van der Waals surface area contributed by atoms with Gasteiger partial charge in [0.1, 0.15) is 18.2 Å². The van der Waals surface area contributed by atoms with Gasteiger partial charge in [-0.25, -0.2) is 4.98 Å². The van der Waals surface area contributed by atoms with E-state index in [1.54, 1.807) is 20.0 Å². The third-order valence-electron chi connectivity index (χ3n) is 1.76. The highest BCUT2D eigenvalue weighted by molar-refractivity contribution is 5.38. The van der Waals surface area contributed by atoms with Crippen LogP contribution in [0.2, 0.25) is 0 Å². The van der Waals surface area contributed by atoms with E-state index in [1.165, 1.54) is 0 Å². The highest BCUT2D eigenvalue weighted by Crippen LogP contribution is 2.14. The van der Waals surface area contributed by atoms with Gasteiger partial charge in [0, 0.05) is 6.04 Å². The van der Waals surface area contributed by atoms with E-state index in [2.05, 4.69) is 24.1 Å². The van der Waals surface area contributed by atoms with Crippen molar-refractivity contribution in [1.29, 1.82) is 0 Å². The van der Waals surface area contributed by atoms with Crippen LogP contribution in [0.4, 0.5) is 5.82 Å². The molecular weight excluding hydrogens is 204 g/mol. The molecule has 16 heavy (non-hydrogen) atoms. The van der Waals surface area contributed by atoms with Gasteiger partial charge >= 0.3 is 0 Å². The molecule has 0 aliphatic rings. The van der Waals surface area contributed by atoms with Gasteiger partial charge in [-0.15, -0.1) is 0 Å². The maximum Gasteiger partial charge on any atom is 0.137 e. The molecule has 1 aromatic rings. The number of aliphatic hydroxyl groups is 1. The van der Waals surface area contributed by atoms with Gasteiger partial charge in [-0.1, -0.05) is 0 Å². The minimum absolute atomic E-state index is 0.256. The summed E-state index contributed by atoms with van der Waals surface area (Å²) in [6, 6.07) is 4.05. The first-order chi connectivity index (χ1) is 7.37. The average Bonchev–Trinajstić information content (AvgIpc) is 2.14. The fourth-order valence-corrected chi connectivity index (χ4v) is 1.11. The van der Waals surface area contributed by atoms with E-state index >= 15 is 0 Å². The van der Waals surface area contributed by atoms with Crippen molar-refractivity contribution in [2.45, 2.75) is 39.3 Å². The zero-order valence-electron chi connectivity index (χ0n) is 10.3. The summed E-state index contributed by atoms with van der Waals surface area (Å²) in [6.45, 7) is 7.77. The number of aromatic nitrogens is 1.